The summed E-state index contributed by atoms with van der Waals surface area (Å²) in [5, 5.41) is 0.872. The van der Waals surface area contributed by atoms with Crippen LogP contribution in [0.4, 0.5) is 5.13 Å². The normalized spacial score (nSPS) is 19.2. The minimum absolute atomic E-state index is 0.309. The number of morpholine rings is 1. The van der Waals surface area contributed by atoms with Crippen LogP contribution in [0, 0.1) is 0 Å². The molecule has 3 rings (SSSR count). The molecule has 1 aliphatic rings. The molecular weight excluding hydrogens is 278 g/mol. The van der Waals surface area contributed by atoms with Crippen molar-refractivity contribution in [2.45, 2.75) is 13.0 Å². The number of pyridine rings is 1. The highest BCUT2D eigenvalue weighted by Crippen LogP contribution is 2.28. The third-order valence-corrected chi connectivity index (χ3v) is 4.08. The summed E-state index contributed by atoms with van der Waals surface area (Å²) in [5.41, 5.74) is 0.881. The first kappa shape index (κ1) is 13.3. The van der Waals surface area contributed by atoms with Crippen LogP contribution in [-0.4, -0.2) is 48.3 Å². The first-order valence-corrected chi connectivity index (χ1v) is 7.34. The number of ether oxygens (including phenoxy) is 2. The zero-order valence-corrected chi connectivity index (χ0v) is 11.9. The van der Waals surface area contributed by atoms with E-state index < -0.39 is 6.10 Å². The molecule has 0 aromatic carbocycles. The van der Waals surface area contributed by atoms with Crippen LogP contribution < -0.4 is 4.90 Å². The van der Waals surface area contributed by atoms with Crippen molar-refractivity contribution in [3.63, 3.8) is 0 Å². The molecule has 2 aromatic rings. The predicted octanol–water partition coefficient (Wildman–Crippen LogP) is 1.46. The Morgan fingerprint density at radius 1 is 1.65 bits per heavy atom. The van der Waals surface area contributed by atoms with Gasteiger partial charge < -0.3 is 14.4 Å². The van der Waals surface area contributed by atoms with Crippen molar-refractivity contribution in [1.82, 2.24) is 9.97 Å². The van der Waals surface area contributed by atoms with Crippen LogP contribution >= 0.6 is 11.3 Å². The van der Waals surface area contributed by atoms with Gasteiger partial charge in [-0.25, -0.2) is 14.8 Å². The molecule has 0 amide bonds. The van der Waals surface area contributed by atoms with Crippen LogP contribution in [0.3, 0.4) is 0 Å². The molecule has 7 heteroatoms. The van der Waals surface area contributed by atoms with E-state index in [9.17, 15) is 4.79 Å². The summed E-state index contributed by atoms with van der Waals surface area (Å²) in [5.74, 6) is -0.309. The smallest absolute Gasteiger partial charge is 0.337 e. The lowest BCUT2D eigenvalue weighted by Crippen LogP contribution is -2.46. The van der Waals surface area contributed by atoms with Crippen molar-refractivity contribution in [3.05, 3.63) is 18.3 Å². The Kier molecular flexibility index (Phi) is 3.79. The zero-order valence-electron chi connectivity index (χ0n) is 11.1. The van der Waals surface area contributed by atoms with E-state index in [0.29, 0.717) is 19.8 Å². The molecule has 1 fully saturated rings. The number of fused-ring (bicyclic) bond motifs is 1. The van der Waals surface area contributed by atoms with Crippen molar-refractivity contribution in [2.24, 2.45) is 0 Å². The van der Waals surface area contributed by atoms with Crippen molar-refractivity contribution < 1.29 is 14.3 Å². The number of anilines is 1. The largest absolute Gasteiger partial charge is 0.464 e. The maximum atomic E-state index is 11.7. The van der Waals surface area contributed by atoms with Gasteiger partial charge in [0.1, 0.15) is 10.3 Å². The predicted molar refractivity (Wildman–Crippen MR) is 76.0 cm³/mol. The van der Waals surface area contributed by atoms with Gasteiger partial charge in [0.2, 0.25) is 0 Å². The SMILES string of the molecule is CCOC(=O)C1CN(c2nc3cccnc3s2)CCO1. The van der Waals surface area contributed by atoms with Gasteiger partial charge in [-0.05, 0) is 19.1 Å². The molecule has 6 nitrogen and oxygen atoms in total. The molecule has 2 aromatic heterocycles. The summed E-state index contributed by atoms with van der Waals surface area (Å²) in [7, 11) is 0. The van der Waals surface area contributed by atoms with Gasteiger partial charge in [-0.15, -0.1) is 0 Å². The number of carbonyl (C=O) groups is 1. The number of aromatic nitrogens is 2. The highest BCUT2D eigenvalue weighted by molar-refractivity contribution is 7.21. The molecule has 1 unspecified atom stereocenters. The zero-order chi connectivity index (χ0) is 13.9. The van der Waals surface area contributed by atoms with E-state index in [2.05, 4.69) is 14.9 Å². The minimum Gasteiger partial charge on any atom is -0.464 e. The Labute approximate surface area is 120 Å². The number of carbonyl (C=O) groups excluding carboxylic acids is 1. The van der Waals surface area contributed by atoms with Gasteiger partial charge >= 0.3 is 5.97 Å². The Morgan fingerprint density at radius 3 is 3.35 bits per heavy atom. The van der Waals surface area contributed by atoms with Gasteiger partial charge in [-0.1, -0.05) is 11.3 Å². The highest BCUT2D eigenvalue weighted by Gasteiger charge is 2.29. The molecule has 0 radical (unpaired) electrons. The monoisotopic (exact) mass is 293 g/mol. The van der Waals surface area contributed by atoms with E-state index in [1.54, 1.807) is 13.1 Å². The second kappa shape index (κ2) is 5.72. The Bertz CT molecular complexity index is 583. The highest BCUT2D eigenvalue weighted by atomic mass is 32.1. The molecule has 0 saturated carbocycles. The van der Waals surface area contributed by atoms with Crippen molar-refractivity contribution >= 4 is 32.8 Å². The Hall–Kier alpha value is -1.73. The topological polar surface area (TPSA) is 64.5 Å². The lowest BCUT2D eigenvalue weighted by atomic mass is 10.3. The van der Waals surface area contributed by atoms with E-state index in [1.165, 1.54) is 11.3 Å². The van der Waals surface area contributed by atoms with Crippen LogP contribution in [0.15, 0.2) is 18.3 Å². The summed E-state index contributed by atoms with van der Waals surface area (Å²) >= 11 is 1.53. The molecule has 0 aliphatic carbocycles. The van der Waals surface area contributed by atoms with Gasteiger partial charge in [0.05, 0.1) is 19.8 Å². The van der Waals surface area contributed by atoms with E-state index >= 15 is 0 Å². The lowest BCUT2D eigenvalue weighted by Gasteiger charge is -2.31. The van der Waals surface area contributed by atoms with Crippen LogP contribution in [0.2, 0.25) is 0 Å². The summed E-state index contributed by atoms with van der Waals surface area (Å²) in [4.78, 5) is 23.5. The molecule has 0 spiro atoms. The van der Waals surface area contributed by atoms with Crippen LogP contribution in [-0.2, 0) is 14.3 Å². The average molecular weight is 293 g/mol. The fourth-order valence-corrected chi connectivity index (χ4v) is 3.04. The number of esters is 1. The number of hydrogen-bond acceptors (Lipinski definition) is 7. The first-order valence-electron chi connectivity index (χ1n) is 6.52. The van der Waals surface area contributed by atoms with Crippen molar-refractivity contribution in [3.8, 4) is 0 Å². The summed E-state index contributed by atoms with van der Waals surface area (Å²) in [6.45, 7) is 3.84. The Morgan fingerprint density at radius 2 is 2.55 bits per heavy atom. The molecule has 1 atom stereocenters. The Balaban J connectivity index is 1.77. The quantitative estimate of drug-likeness (QED) is 0.798. The molecule has 3 heterocycles. The van der Waals surface area contributed by atoms with E-state index in [0.717, 1.165) is 22.0 Å². The van der Waals surface area contributed by atoms with Crippen molar-refractivity contribution in [2.75, 3.05) is 31.2 Å². The van der Waals surface area contributed by atoms with Gasteiger partial charge in [0.15, 0.2) is 11.2 Å². The summed E-state index contributed by atoms with van der Waals surface area (Å²) < 4.78 is 10.5. The fourth-order valence-electron chi connectivity index (χ4n) is 2.09. The summed E-state index contributed by atoms with van der Waals surface area (Å²) in [6, 6.07) is 3.80. The van der Waals surface area contributed by atoms with Crippen molar-refractivity contribution in [1.29, 1.82) is 0 Å². The van der Waals surface area contributed by atoms with Gasteiger partial charge in [0, 0.05) is 12.7 Å². The third kappa shape index (κ3) is 2.59. The van der Waals surface area contributed by atoms with E-state index in [1.807, 2.05) is 12.1 Å². The maximum absolute atomic E-state index is 11.7. The molecule has 1 saturated heterocycles. The molecular formula is C13H15N3O3S. The van der Waals surface area contributed by atoms with E-state index in [4.69, 9.17) is 9.47 Å². The van der Waals surface area contributed by atoms with Crippen LogP contribution in [0.5, 0.6) is 0 Å². The van der Waals surface area contributed by atoms with Crippen LogP contribution in [0.1, 0.15) is 6.92 Å². The van der Waals surface area contributed by atoms with Crippen LogP contribution in [0.25, 0.3) is 10.3 Å². The first-order chi connectivity index (χ1) is 9.78. The molecule has 0 bridgehead atoms. The fraction of sp³-hybridized carbons (Fsp3) is 0.462. The average Bonchev–Trinajstić information content (AvgIpc) is 2.91. The van der Waals surface area contributed by atoms with E-state index in [-0.39, 0.29) is 5.97 Å². The number of thiazole rings is 1. The van der Waals surface area contributed by atoms with Gasteiger partial charge in [-0.2, -0.15) is 0 Å². The number of hydrogen-bond donors (Lipinski definition) is 0. The number of nitrogens with zero attached hydrogens (tertiary/aromatic N) is 3. The molecule has 0 N–H and O–H groups in total. The lowest BCUT2D eigenvalue weighted by molar-refractivity contribution is -0.157. The van der Waals surface area contributed by atoms with Gasteiger partial charge in [0.25, 0.3) is 0 Å². The second-order valence-electron chi connectivity index (χ2n) is 4.38. The molecule has 106 valence electrons. The standard InChI is InChI=1S/C13H15N3O3S/c1-2-18-12(17)10-8-16(6-7-19-10)13-15-9-4-3-5-14-11(9)20-13/h3-5,10H,2,6-8H2,1H3. The maximum Gasteiger partial charge on any atom is 0.337 e. The second-order valence-corrected chi connectivity index (χ2v) is 5.34. The number of rotatable bonds is 3. The minimum atomic E-state index is -0.538. The third-order valence-electron chi connectivity index (χ3n) is 3.04. The molecule has 1 aliphatic heterocycles. The molecule has 20 heavy (non-hydrogen) atoms. The van der Waals surface area contributed by atoms with Gasteiger partial charge in [-0.3, -0.25) is 0 Å². The summed E-state index contributed by atoms with van der Waals surface area (Å²) in [6.07, 6.45) is 1.22.